The second kappa shape index (κ2) is 5.91. The number of halogens is 1. The topological polar surface area (TPSA) is 0 Å². The highest BCUT2D eigenvalue weighted by Gasteiger charge is 2.18. The van der Waals surface area contributed by atoms with E-state index >= 15 is 0 Å². The Morgan fingerprint density at radius 3 is 1.88 bits per heavy atom. The van der Waals surface area contributed by atoms with Gasteiger partial charge in [-0.3, -0.25) is 0 Å². The Kier molecular flexibility index (Phi) is 5.06. The molecule has 1 atom stereocenters. The molecular weight excluding hydrogens is 228 g/mol. The van der Waals surface area contributed by atoms with Gasteiger partial charge in [0.15, 0.2) is 0 Å². The first kappa shape index (κ1) is 14.6. The lowest BCUT2D eigenvalue weighted by molar-refractivity contribution is 0.694. The van der Waals surface area contributed by atoms with Crippen molar-refractivity contribution in [1.82, 2.24) is 0 Å². The largest absolute Gasteiger partial charge is 0.0843 e. The number of hydrogen-bond acceptors (Lipinski definition) is 0. The van der Waals surface area contributed by atoms with Crippen LogP contribution in [0.4, 0.5) is 0 Å². The van der Waals surface area contributed by atoms with E-state index in [9.17, 15) is 0 Å². The van der Waals surface area contributed by atoms with Crippen molar-refractivity contribution in [3.63, 3.8) is 0 Å². The number of hydrogen-bond donors (Lipinski definition) is 0. The lowest BCUT2D eigenvalue weighted by atomic mass is 9.82. The number of benzene rings is 1. The molecule has 0 heterocycles. The van der Waals surface area contributed by atoms with Crippen LogP contribution < -0.4 is 0 Å². The van der Waals surface area contributed by atoms with Crippen LogP contribution in [0, 0.1) is 0 Å². The Morgan fingerprint density at radius 1 is 0.941 bits per heavy atom. The predicted octanol–water partition coefficient (Wildman–Crippen LogP) is 6.10. The summed E-state index contributed by atoms with van der Waals surface area (Å²) in [6.07, 6.45) is 1.16. The minimum atomic E-state index is 0.536. The van der Waals surface area contributed by atoms with Crippen LogP contribution in [0.2, 0.25) is 5.02 Å². The van der Waals surface area contributed by atoms with E-state index in [1.54, 1.807) is 0 Å². The first-order chi connectivity index (χ1) is 7.88. The van der Waals surface area contributed by atoms with E-state index in [2.05, 4.69) is 53.7 Å². The molecule has 0 N–H and O–H groups in total. The Hall–Kier alpha value is -0.490. The average Bonchev–Trinajstić information content (AvgIpc) is 2.26. The van der Waals surface area contributed by atoms with Crippen LogP contribution in [0.3, 0.4) is 0 Å². The third-order valence-electron chi connectivity index (χ3n) is 3.55. The van der Waals surface area contributed by atoms with Crippen LogP contribution in [0.1, 0.15) is 82.4 Å². The Morgan fingerprint density at radius 2 is 1.47 bits per heavy atom. The molecule has 0 amide bonds. The zero-order chi connectivity index (χ0) is 13.2. The van der Waals surface area contributed by atoms with Crippen molar-refractivity contribution in [2.75, 3.05) is 0 Å². The highest BCUT2D eigenvalue weighted by atomic mass is 35.5. The molecule has 1 aromatic rings. The van der Waals surface area contributed by atoms with Crippen molar-refractivity contribution in [2.45, 2.75) is 65.7 Å². The Bertz CT molecular complexity index is 377. The standard InChI is InChI=1S/C16H25Cl/c1-7-12(6)15-9-13(17)8-14(10(2)3)16(15)11(4)5/h8-12H,7H2,1-6H3. The minimum absolute atomic E-state index is 0.536. The predicted molar refractivity (Wildman–Crippen MR) is 78.3 cm³/mol. The van der Waals surface area contributed by atoms with E-state index in [0.29, 0.717) is 17.8 Å². The summed E-state index contributed by atoms with van der Waals surface area (Å²) in [4.78, 5) is 0. The third kappa shape index (κ3) is 3.25. The van der Waals surface area contributed by atoms with E-state index < -0.39 is 0 Å². The van der Waals surface area contributed by atoms with Crippen molar-refractivity contribution >= 4 is 11.6 Å². The quantitative estimate of drug-likeness (QED) is 0.607. The summed E-state index contributed by atoms with van der Waals surface area (Å²) in [5.41, 5.74) is 4.38. The van der Waals surface area contributed by atoms with Crippen LogP contribution in [-0.4, -0.2) is 0 Å². The molecule has 0 radical (unpaired) electrons. The first-order valence-electron chi connectivity index (χ1n) is 6.71. The van der Waals surface area contributed by atoms with Crippen molar-refractivity contribution in [2.24, 2.45) is 0 Å². The van der Waals surface area contributed by atoms with Gasteiger partial charge in [-0.05, 0) is 53.0 Å². The van der Waals surface area contributed by atoms with Crippen LogP contribution in [0.25, 0.3) is 0 Å². The highest BCUT2D eigenvalue weighted by Crippen LogP contribution is 2.36. The van der Waals surface area contributed by atoms with Gasteiger partial charge in [-0.25, -0.2) is 0 Å². The molecule has 0 saturated carbocycles. The van der Waals surface area contributed by atoms with Crippen LogP contribution in [0.15, 0.2) is 12.1 Å². The molecule has 0 fully saturated rings. The van der Waals surface area contributed by atoms with Crippen molar-refractivity contribution in [1.29, 1.82) is 0 Å². The Balaban J connectivity index is 3.46. The van der Waals surface area contributed by atoms with Crippen molar-refractivity contribution < 1.29 is 0 Å². The second-order valence-corrected chi connectivity index (χ2v) is 6.05. The molecule has 96 valence electrons. The lowest BCUT2D eigenvalue weighted by Crippen LogP contribution is -2.06. The van der Waals surface area contributed by atoms with Crippen LogP contribution in [0.5, 0.6) is 0 Å². The molecular formula is C16H25Cl. The summed E-state index contributed by atoms with van der Waals surface area (Å²) in [6.45, 7) is 13.6. The second-order valence-electron chi connectivity index (χ2n) is 5.62. The SMILES string of the molecule is CCC(C)c1cc(Cl)cc(C(C)C)c1C(C)C. The van der Waals surface area contributed by atoms with E-state index in [-0.39, 0.29) is 0 Å². The zero-order valence-corrected chi connectivity index (χ0v) is 12.7. The van der Waals surface area contributed by atoms with Gasteiger partial charge in [-0.2, -0.15) is 0 Å². The fourth-order valence-electron chi connectivity index (χ4n) is 2.43. The van der Waals surface area contributed by atoms with Gasteiger partial charge >= 0.3 is 0 Å². The lowest BCUT2D eigenvalue weighted by Gasteiger charge is -2.24. The maximum atomic E-state index is 6.27. The fraction of sp³-hybridized carbons (Fsp3) is 0.625. The van der Waals surface area contributed by atoms with Gasteiger partial charge in [-0.15, -0.1) is 0 Å². The molecule has 1 unspecified atom stereocenters. The van der Waals surface area contributed by atoms with Gasteiger partial charge in [0.1, 0.15) is 0 Å². The molecule has 0 saturated heterocycles. The fourth-order valence-corrected chi connectivity index (χ4v) is 2.67. The molecule has 1 rings (SSSR count). The zero-order valence-electron chi connectivity index (χ0n) is 12.0. The third-order valence-corrected chi connectivity index (χ3v) is 3.77. The number of rotatable bonds is 4. The highest BCUT2D eigenvalue weighted by molar-refractivity contribution is 6.30. The smallest absolute Gasteiger partial charge is 0.0411 e. The van der Waals surface area contributed by atoms with Gasteiger partial charge < -0.3 is 0 Å². The summed E-state index contributed by atoms with van der Waals surface area (Å²) in [7, 11) is 0. The molecule has 0 spiro atoms. The van der Waals surface area contributed by atoms with Gasteiger partial charge in [0.2, 0.25) is 0 Å². The molecule has 1 heteroatoms. The van der Waals surface area contributed by atoms with Gasteiger partial charge in [0, 0.05) is 5.02 Å². The summed E-state index contributed by atoms with van der Waals surface area (Å²) >= 11 is 6.27. The normalized spacial score (nSPS) is 13.5. The molecule has 0 aliphatic heterocycles. The summed E-state index contributed by atoms with van der Waals surface area (Å²) < 4.78 is 0. The molecule has 1 aromatic carbocycles. The summed E-state index contributed by atoms with van der Waals surface area (Å²) in [5, 5.41) is 0.883. The first-order valence-corrected chi connectivity index (χ1v) is 7.09. The summed E-state index contributed by atoms with van der Waals surface area (Å²) in [5.74, 6) is 1.69. The molecule has 0 aromatic heterocycles. The molecule has 0 aliphatic carbocycles. The van der Waals surface area contributed by atoms with E-state index in [0.717, 1.165) is 11.4 Å². The van der Waals surface area contributed by atoms with Crippen molar-refractivity contribution in [3.8, 4) is 0 Å². The molecule has 17 heavy (non-hydrogen) atoms. The molecule has 0 nitrogen and oxygen atoms in total. The molecule has 0 bridgehead atoms. The average molecular weight is 253 g/mol. The van der Waals surface area contributed by atoms with Crippen LogP contribution >= 0.6 is 11.6 Å². The van der Waals surface area contributed by atoms with E-state index in [4.69, 9.17) is 11.6 Å². The Labute approximate surface area is 111 Å². The van der Waals surface area contributed by atoms with Gasteiger partial charge in [0.25, 0.3) is 0 Å². The molecule has 0 aliphatic rings. The van der Waals surface area contributed by atoms with Crippen LogP contribution in [-0.2, 0) is 0 Å². The van der Waals surface area contributed by atoms with E-state index in [1.807, 2.05) is 0 Å². The maximum absolute atomic E-state index is 6.27. The van der Waals surface area contributed by atoms with Gasteiger partial charge in [-0.1, -0.05) is 53.1 Å². The monoisotopic (exact) mass is 252 g/mol. The van der Waals surface area contributed by atoms with Crippen molar-refractivity contribution in [3.05, 3.63) is 33.8 Å². The summed E-state index contributed by atoms with van der Waals surface area (Å²) in [6, 6.07) is 4.31. The maximum Gasteiger partial charge on any atom is 0.0411 e. The minimum Gasteiger partial charge on any atom is -0.0843 e. The van der Waals surface area contributed by atoms with Gasteiger partial charge in [0.05, 0.1) is 0 Å². The van der Waals surface area contributed by atoms with E-state index in [1.165, 1.54) is 16.7 Å².